The van der Waals surface area contributed by atoms with Crippen LogP contribution in [0.5, 0.6) is 0 Å². The molecule has 0 saturated heterocycles. The minimum absolute atomic E-state index is 0.139. The molecule has 1 atom stereocenters. The Labute approximate surface area is 268 Å². The van der Waals surface area contributed by atoms with E-state index in [1.54, 1.807) is 13.8 Å². The van der Waals surface area contributed by atoms with Crippen LogP contribution in [0.2, 0.25) is 0 Å². The van der Waals surface area contributed by atoms with Crippen molar-refractivity contribution in [2.75, 3.05) is 31.3 Å². The molecule has 0 bridgehead atoms. The van der Waals surface area contributed by atoms with E-state index in [2.05, 4.69) is 6.92 Å². The molecule has 0 aromatic rings. The van der Waals surface area contributed by atoms with E-state index in [0.29, 0.717) is 24.5 Å². The first kappa shape index (κ1) is 41.7. The van der Waals surface area contributed by atoms with Gasteiger partial charge in [-0.05, 0) is 40.5 Å². The Bertz CT molecular complexity index is 723. The van der Waals surface area contributed by atoms with Crippen molar-refractivity contribution in [3.8, 4) is 0 Å². The number of aliphatic hydroxyl groups is 1. The van der Waals surface area contributed by atoms with Crippen molar-refractivity contribution in [2.45, 2.75) is 163 Å². The molecule has 0 aromatic carbocycles. The number of carbonyl (C=O) groups excluding carboxylic acids is 3. The first-order valence-corrected chi connectivity index (χ1v) is 18.4. The van der Waals surface area contributed by atoms with Crippen LogP contribution in [0.3, 0.4) is 0 Å². The van der Waals surface area contributed by atoms with Crippen LogP contribution in [0.15, 0.2) is 0 Å². The molecular weight excluding hydrogens is 564 g/mol. The number of carbonyl (C=O) groups is 3. The Morgan fingerprint density at radius 3 is 1.60 bits per heavy atom. The van der Waals surface area contributed by atoms with Crippen molar-refractivity contribution < 1.29 is 33.7 Å². The molecule has 7 nitrogen and oxygen atoms in total. The molecule has 8 heteroatoms. The third-order valence-electron chi connectivity index (χ3n) is 8.04. The molecule has 0 aliphatic carbocycles. The van der Waals surface area contributed by atoms with E-state index in [0.717, 1.165) is 12.8 Å². The molecule has 0 spiro atoms. The molecule has 0 aliphatic heterocycles. The molecule has 0 aromatic heterocycles. The SMILES string of the molecule is CCCCCCCCCCCCCCCCCCOC(=O)C(C)(C)CSCCC(=O)OC(CO)COC(=O)C(C)(C)CC. The second-order valence-electron chi connectivity index (χ2n) is 13.3. The summed E-state index contributed by atoms with van der Waals surface area (Å²) >= 11 is 1.49. The van der Waals surface area contributed by atoms with Gasteiger partial charge in [-0.2, -0.15) is 11.8 Å². The summed E-state index contributed by atoms with van der Waals surface area (Å²) in [6.45, 7) is 11.3. The van der Waals surface area contributed by atoms with Gasteiger partial charge in [0, 0.05) is 11.5 Å². The zero-order valence-electron chi connectivity index (χ0n) is 28.6. The lowest BCUT2D eigenvalue weighted by molar-refractivity contribution is -0.166. The van der Waals surface area contributed by atoms with Crippen molar-refractivity contribution in [1.82, 2.24) is 0 Å². The number of hydrogen-bond acceptors (Lipinski definition) is 8. The summed E-state index contributed by atoms with van der Waals surface area (Å²) in [4.78, 5) is 36.8. The molecule has 0 saturated carbocycles. The molecule has 0 fully saturated rings. The quantitative estimate of drug-likeness (QED) is 0.0497. The summed E-state index contributed by atoms with van der Waals surface area (Å²) in [6, 6.07) is 0. The number of hydrogen-bond donors (Lipinski definition) is 1. The van der Waals surface area contributed by atoms with Crippen LogP contribution in [-0.4, -0.2) is 60.4 Å². The second-order valence-corrected chi connectivity index (χ2v) is 14.4. The Balaban J connectivity index is 3.80. The summed E-state index contributed by atoms with van der Waals surface area (Å²) in [5, 5.41) is 9.48. The molecule has 0 amide bonds. The lowest BCUT2D eigenvalue weighted by atomic mass is 9.91. The number of esters is 3. The topological polar surface area (TPSA) is 99.1 Å². The van der Waals surface area contributed by atoms with Crippen molar-refractivity contribution in [2.24, 2.45) is 10.8 Å². The fraction of sp³-hybridized carbons (Fsp3) is 0.914. The third kappa shape index (κ3) is 22.8. The van der Waals surface area contributed by atoms with Crippen molar-refractivity contribution >= 4 is 29.7 Å². The highest BCUT2D eigenvalue weighted by atomic mass is 32.2. The molecular formula is C35H66O7S. The van der Waals surface area contributed by atoms with Crippen LogP contribution >= 0.6 is 11.8 Å². The highest BCUT2D eigenvalue weighted by Gasteiger charge is 2.30. The number of ether oxygens (including phenoxy) is 3. The molecule has 0 heterocycles. The Morgan fingerprint density at radius 2 is 1.14 bits per heavy atom. The van der Waals surface area contributed by atoms with Gasteiger partial charge in [0.1, 0.15) is 6.61 Å². The summed E-state index contributed by atoms with van der Waals surface area (Å²) in [5.74, 6) is -0.0494. The van der Waals surface area contributed by atoms with Crippen molar-refractivity contribution in [1.29, 1.82) is 0 Å². The monoisotopic (exact) mass is 630 g/mol. The average molecular weight is 631 g/mol. The first-order valence-electron chi connectivity index (χ1n) is 17.2. The number of thioether (sulfide) groups is 1. The zero-order valence-corrected chi connectivity index (χ0v) is 29.5. The number of unbranched alkanes of at least 4 members (excludes halogenated alkanes) is 15. The third-order valence-corrected chi connectivity index (χ3v) is 9.45. The van der Waals surface area contributed by atoms with Gasteiger partial charge in [-0.3, -0.25) is 14.4 Å². The van der Waals surface area contributed by atoms with Crippen molar-refractivity contribution in [3.05, 3.63) is 0 Å². The molecule has 43 heavy (non-hydrogen) atoms. The fourth-order valence-corrected chi connectivity index (χ4v) is 5.51. The van der Waals surface area contributed by atoms with E-state index in [1.807, 2.05) is 20.8 Å². The number of aliphatic hydroxyl groups excluding tert-OH is 1. The van der Waals surface area contributed by atoms with Crippen LogP contribution in [0.1, 0.15) is 157 Å². The average Bonchev–Trinajstić information content (AvgIpc) is 2.98. The maximum Gasteiger partial charge on any atom is 0.312 e. The summed E-state index contributed by atoms with van der Waals surface area (Å²) in [6.07, 6.45) is 20.9. The maximum atomic E-state index is 12.6. The Morgan fingerprint density at radius 1 is 0.674 bits per heavy atom. The van der Waals surface area contributed by atoms with E-state index in [9.17, 15) is 19.5 Å². The number of rotatable bonds is 29. The van der Waals surface area contributed by atoms with Gasteiger partial charge in [-0.1, -0.05) is 110 Å². The lowest BCUT2D eigenvalue weighted by Crippen LogP contribution is -2.33. The second kappa shape index (κ2) is 26.0. The minimum atomic E-state index is -0.884. The Kier molecular flexibility index (Phi) is 25.2. The van der Waals surface area contributed by atoms with Gasteiger partial charge >= 0.3 is 17.9 Å². The maximum absolute atomic E-state index is 12.6. The van der Waals surface area contributed by atoms with Gasteiger partial charge in [-0.15, -0.1) is 0 Å². The molecule has 0 aliphatic rings. The van der Waals surface area contributed by atoms with E-state index in [-0.39, 0.29) is 25.0 Å². The highest BCUT2D eigenvalue weighted by Crippen LogP contribution is 2.25. The summed E-state index contributed by atoms with van der Waals surface area (Å²) in [7, 11) is 0. The van der Waals surface area contributed by atoms with Gasteiger partial charge < -0.3 is 19.3 Å². The van der Waals surface area contributed by atoms with Gasteiger partial charge in [-0.25, -0.2) is 0 Å². The van der Waals surface area contributed by atoms with Gasteiger partial charge in [0.2, 0.25) is 0 Å². The van der Waals surface area contributed by atoms with Crippen LogP contribution in [0.4, 0.5) is 0 Å². The molecule has 254 valence electrons. The van der Waals surface area contributed by atoms with E-state index in [1.165, 1.54) is 102 Å². The van der Waals surface area contributed by atoms with Crippen LogP contribution in [-0.2, 0) is 28.6 Å². The van der Waals surface area contributed by atoms with E-state index in [4.69, 9.17) is 14.2 Å². The van der Waals surface area contributed by atoms with Gasteiger partial charge in [0.15, 0.2) is 6.10 Å². The van der Waals surface area contributed by atoms with E-state index < -0.39 is 29.5 Å². The molecule has 1 unspecified atom stereocenters. The summed E-state index contributed by atoms with van der Waals surface area (Å²) < 4.78 is 16.0. The first-order chi connectivity index (χ1) is 20.5. The summed E-state index contributed by atoms with van der Waals surface area (Å²) in [5.41, 5.74) is -1.27. The molecule has 0 radical (unpaired) electrons. The highest BCUT2D eigenvalue weighted by molar-refractivity contribution is 7.99. The largest absolute Gasteiger partial charge is 0.465 e. The van der Waals surface area contributed by atoms with Crippen LogP contribution < -0.4 is 0 Å². The normalized spacial score (nSPS) is 12.6. The fourth-order valence-electron chi connectivity index (χ4n) is 4.43. The van der Waals surface area contributed by atoms with Gasteiger partial charge in [0.25, 0.3) is 0 Å². The lowest BCUT2D eigenvalue weighted by Gasteiger charge is -2.23. The van der Waals surface area contributed by atoms with Crippen molar-refractivity contribution in [3.63, 3.8) is 0 Å². The zero-order chi connectivity index (χ0) is 32.4. The van der Waals surface area contributed by atoms with E-state index >= 15 is 0 Å². The standard InChI is InChI=1S/C35H66O7S/c1-7-9-10-11-12-13-14-15-16-17-18-19-20-21-22-23-25-40-33(39)35(5,6)29-43-26-24-31(37)42-30(27-36)28-41-32(38)34(3,4)8-2/h30,36H,7-29H2,1-6H3. The Hall–Kier alpha value is -1.28. The van der Waals surface area contributed by atoms with Crippen LogP contribution in [0.25, 0.3) is 0 Å². The predicted octanol–water partition coefficient (Wildman–Crippen LogP) is 8.82. The minimum Gasteiger partial charge on any atom is -0.465 e. The molecule has 1 N–H and O–H groups in total. The molecule has 0 rings (SSSR count). The predicted molar refractivity (Wildman–Crippen MR) is 178 cm³/mol. The van der Waals surface area contributed by atoms with Crippen LogP contribution in [0, 0.1) is 10.8 Å². The smallest absolute Gasteiger partial charge is 0.312 e. The van der Waals surface area contributed by atoms with Gasteiger partial charge in [0.05, 0.1) is 30.5 Å².